The van der Waals surface area contributed by atoms with Crippen molar-refractivity contribution in [2.75, 3.05) is 12.9 Å². The van der Waals surface area contributed by atoms with Gasteiger partial charge in [-0.25, -0.2) is 8.97 Å². The van der Waals surface area contributed by atoms with Crippen molar-refractivity contribution >= 4 is 39.1 Å². The Labute approximate surface area is 202 Å². The topological polar surface area (TPSA) is 61.4 Å². The van der Waals surface area contributed by atoms with E-state index in [0.717, 1.165) is 51.8 Å². The molecule has 0 atom stereocenters. The molecule has 174 valence electrons. The third-order valence-electron chi connectivity index (χ3n) is 6.40. The summed E-state index contributed by atoms with van der Waals surface area (Å²) in [6, 6.07) is 7.60. The fourth-order valence-electron chi connectivity index (χ4n) is 4.64. The van der Waals surface area contributed by atoms with E-state index in [2.05, 4.69) is 21.5 Å². The Morgan fingerprint density at radius 3 is 2.64 bits per heavy atom. The van der Waals surface area contributed by atoms with Crippen LogP contribution in [0, 0.1) is 0 Å². The zero-order valence-corrected chi connectivity index (χ0v) is 20.9. The van der Waals surface area contributed by atoms with E-state index < -0.39 is 0 Å². The van der Waals surface area contributed by atoms with Gasteiger partial charge in [0.15, 0.2) is 5.16 Å². The number of fused-ring (bicyclic) bond motifs is 5. The molecule has 0 bridgehead atoms. The molecule has 3 heterocycles. The number of ether oxygens (including phenoxy) is 1. The minimum Gasteiger partial charge on any atom is -0.497 e. The van der Waals surface area contributed by atoms with Crippen molar-refractivity contribution in [3.05, 3.63) is 45.1 Å². The zero-order valence-electron chi connectivity index (χ0n) is 19.3. The lowest BCUT2D eigenvalue weighted by atomic mass is 9.97. The molecule has 8 heteroatoms. The van der Waals surface area contributed by atoms with E-state index in [9.17, 15) is 4.79 Å². The molecule has 3 aromatic heterocycles. The summed E-state index contributed by atoms with van der Waals surface area (Å²) in [6.07, 6.45) is 10.6. The molecule has 0 N–H and O–H groups in total. The predicted octanol–water partition coefficient (Wildman–Crippen LogP) is 6.04. The van der Waals surface area contributed by atoms with Crippen molar-refractivity contribution in [1.82, 2.24) is 19.2 Å². The molecular formula is C25H30N4O2S2. The van der Waals surface area contributed by atoms with Crippen LogP contribution in [0.5, 0.6) is 5.75 Å². The average molecular weight is 483 g/mol. The van der Waals surface area contributed by atoms with Gasteiger partial charge in [0.05, 0.1) is 18.2 Å². The molecule has 4 aromatic rings. The van der Waals surface area contributed by atoms with E-state index >= 15 is 0 Å². The quantitative estimate of drug-likeness (QED) is 0.215. The summed E-state index contributed by atoms with van der Waals surface area (Å²) in [5, 5.41) is 10.8. The lowest BCUT2D eigenvalue weighted by Gasteiger charge is -2.12. The predicted molar refractivity (Wildman–Crippen MR) is 137 cm³/mol. The van der Waals surface area contributed by atoms with Gasteiger partial charge >= 0.3 is 0 Å². The lowest BCUT2D eigenvalue weighted by Crippen LogP contribution is -2.22. The van der Waals surface area contributed by atoms with Crippen molar-refractivity contribution in [2.24, 2.45) is 0 Å². The number of hydrogen-bond donors (Lipinski definition) is 0. The largest absolute Gasteiger partial charge is 0.497 e. The highest BCUT2D eigenvalue weighted by atomic mass is 32.2. The first-order chi connectivity index (χ1) is 16.2. The fourth-order valence-corrected chi connectivity index (χ4v) is 7.01. The number of rotatable bonds is 9. The van der Waals surface area contributed by atoms with Crippen LogP contribution in [-0.2, 0) is 12.8 Å². The molecule has 1 aliphatic rings. The first-order valence-corrected chi connectivity index (χ1v) is 13.7. The van der Waals surface area contributed by atoms with Crippen LogP contribution in [0.15, 0.2) is 34.2 Å². The second-order valence-corrected chi connectivity index (χ2v) is 10.8. The summed E-state index contributed by atoms with van der Waals surface area (Å²) in [7, 11) is 1.65. The van der Waals surface area contributed by atoms with Gasteiger partial charge in [0.2, 0.25) is 5.78 Å². The van der Waals surface area contributed by atoms with Crippen molar-refractivity contribution < 1.29 is 4.74 Å². The van der Waals surface area contributed by atoms with E-state index in [1.165, 1.54) is 49.0 Å². The van der Waals surface area contributed by atoms with Gasteiger partial charge in [0, 0.05) is 10.6 Å². The second-order valence-electron chi connectivity index (χ2n) is 8.61. The maximum absolute atomic E-state index is 13.9. The Morgan fingerprint density at radius 1 is 1.06 bits per heavy atom. The van der Waals surface area contributed by atoms with Crippen LogP contribution in [0.25, 0.3) is 21.7 Å². The summed E-state index contributed by atoms with van der Waals surface area (Å²) in [5.41, 5.74) is 2.03. The van der Waals surface area contributed by atoms with Crippen LogP contribution in [0.3, 0.4) is 0 Å². The summed E-state index contributed by atoms with van der Waals surface area (Å²) in [4.78, 5) is 16.2. The molecule has 33 heavy (non-hydrogen) atoms. The molecule has 0 unspecified atom stereocenters. The third-order valence-corrected chi connectivity index (χ3v) is 8.69. The highest BCUT2D eigenvalue weighted by molar-refractivity contribution is 7.99. The van der Waals surface area contributed by atoms with Crippen LogP contribution < -0.4 is 10.3 Å². The van der Waals surface area contributed by atoms with E-state index in [0.29, 0.717) is 5.78 Å². The maximum atomic E-state index is 13.9. The molecule has 6 nitrogen and oxygen atoms in total. The first-order valence-electron chi connectivity index (χ1n) is 11.9. The van der Waals surface area contributed by atoms with Gasteiger partial charge < -0.3 is 4.74 Å². The molecule has 0 saturated heterocycles. The SMILES string of the molecule is CCCCCCCSc1nnc2n(-c3ccc(OC)cc3)c(=O)c3c4c(sc3n12)CCCC4. The number of aryl methyl sites for hydroxylation is 2. The fraction of sp³-hybridized carbons (Fsp3) is 0.480. The maximum Gasteiger partial charge on any atom is 0.268 e. The minimum atomic E-state index is 0.00517. The Hall–Kier alpha value is -2.32. The van der Waals surface area contributed by atoms with Gasteiger partial charge in [0.1, 0.15) is 10.6 Å². The second kappa shape index (κ2) is 9.89. The molecule has 0 saturated carbocycles. The van der Waals surface area contributed by atoms with Gasteiger partial charge in [-0.1, -0.05) is 44.4 Å². The molecule has 5 rings (SSSR count). The van der Waals surface area contributed by atoms with E-state index in [1.54, 1.807) is 34.8 Å². The molecule has 0 fully saturated rings. The van der Waals surface area contributed by atoms with Crippen molar-refractivity contribution in [3.63, 3.8) is 0 Å². The smallest absolute Gasteiger partial charge is 0.268 e. The van der Waals surface area contributed by atoms with Gasteiger partial charge in [-0.2, -0.15) is 0 Å². The van der Waals surface area contributed by atoms with Crippen LogP contribution in [-0.4, -0.2) is 32.0 Å². The van der Waals surface area contributed by atoms with E-state index in [1.807, 2.05) is 24.3 Å². The van der Waals surface area contributed by atoms with E-state index in [-0.39, 0.29) is 5.56 Å². The van der Waals surface area contributed by atoms with Gasteiger partial charge in [-0.3, -0.25) is 4.79 Å². The number of thioether (sulfide) groups is 1. The van der Waals surface area contributed by atoms with Crippen molar-refractivity contribution in [1.29, 1.82) is 0 Å². The number of hydrogen-bond acceptors (Lipinski definition) is 6. The third kappa shape index (κ3) is 4.19. The number of thiophene rings is 1. The van der Waals surface area contributed by atoms with Crippen molar-refractivity contribution in [3.8, 4) is 11.4 Å². The normalized spacial score (nSPS) is 13.6. The average Bonchev–Trinajstić information content (AvgIpc) is 3.43. The number of methoxy groups -OCH3 is 1. The Balaban J connectivity index is 1.63. The van der Waals surface area contributed by atoms with Gasteiger partial charge in [0.25, 0.3) is 5.56 Å². The zero-order chi connectivity index (χ0) is 22.8. The van der Waals surface area contributed by atoms with Crippen LogP contribution in [0.2, 0.25) is 0 Å². The summed E-state index contributed by atoms with van der Waals surface area (Å²) in [5.74, 6) is 2.36. The molecule has 0 radical (unpaired) electrons. The monoisotopic (exact) mass is 482 g/mol. The Kier molecular flexibility index (Phi) is 6.74. The Morgan fingerprint density at radius 2 is 1.85 bits per heavy atom. The van der Waals surface area contributed by atoms with Crippen LogP contribution in [0.1, 0.15) is 62.3 Å². The van der Waals surface area contributed by atoms with Gasteiger partial charge in [-0.05, 0) is 61.9 Å². The van der Waals surface area contributed by atoms with E-state index in [4.69, 9.17) is 4.74 Å². The molecule has 0 spiro atoms. The number of benzene rings is 1. The highest BCUT2D eigenvalue weighted by Crippen LogP contribution is 2.36. The molecule has 0 amide bonds. The Bertz CT molecular complexity index is 1320. The summed E-state index contributed by atoms with van der Waals surface area (Å²) >= 11 is 3.51. The first kappa shape index (κ1) is 22.5. The minimum absolute atomic E-state index is 0.00517. The highest BCUT2D eigenvalue weighted by Gasteiger charge is 2.25. The number of aromatic nitrogens is 4. The summed E-state index contributed by atoms with van der Waals surface area (Å²) in [6.45, 7) is 2.24. The molecule has 0 aliphatic heterocycles. The van der Waals surface area contributed by atoms with Crippen molar-refractivity contribution in [2.45, 2.75) is 69.9 Å². The molecule has 1 aromatic carbocycles. The number of nitrogens with zero attached hydrogens (tertiary/aromatic N) is 4. The molecular weight excluding hydrogens is 452 g/mol. The number of unbranched alkanes of at least 4 members (excludes halogenated alkanes) is 4. The van der Waals surface area contributed by atoms with Crippen LogP contribution in [0.4, 0.5) is 0 Å². The standard InChI is InChI=1S/C25H30N4O2S2/c1-3-4-5-6-9-16-32-25-27-26-24-28(17-12-14-18(31-2)15-13-17)22(30)21-19-10-7-8-11-20(19)33-23(21)29(24)25/h12-15H,3-11,16H2,1-2H3. The summed E-state index contributed by atoms with van der Waals surface area (Å²) < 4.78 is 9.17. The van der Waals surface area contributed by atoms with Gasteiger partial charge in [-0.15, -0.1) is 21.5 Å². The molecule has 1 aliphatic carbocycles. The van der Waals surface area contributed by atoms with Crippen LogP contribution >= 0.6 is 23.1 Å². The lowest BCUT2D eigenvalue weighted by molar-refractivity contribution is 0.414.